The van der Waals surface area contributed by atoms with Crippen molar-refractivity contribution in [1.29, 1.82) is 0 Å². The molecule has 14 nitrogen and oxygen atoms in total. The van der Waals surface area contributed by atoms with Crippen LogP contribution >= 0.6 is 0 Å². The number of hydrogen-bond acceptors (Lipinski definition) is 10. The van der Waals surface area contributed by atoms with Crippen molar-refractivity contribution in [2.45, 2.75) is 81.3 Å². The second-order valence-electron chi connectivity index (χ2n) is 15.8. The summed E-state index contributed by atoms with van der Waals surface area (Å²) in [7, 11) is 0. The third-order valence-corrected chi connectivity index (χ3v) is 11.5. The minimum Gasteiger partial charge on any atom is -0.508 e. The predicted octanol–water partition coefficient (Wildman–Crippen LogP) is 2.85. The molecule has 6 atom stereocenters. The van der Waals surface area contributed by atoms with Crippen LogP contribution in [0.5, 0.6) is 11.5 Å². The molecule has 0 saturated carbocycles. The number of fused-ring (bicyclic) bond motifs is 2. The largest absolute Gasteiger partial charge is 0.508 e. The van der Waals surface area contributed by atoms with E-state index in [-0.39, 0.29) is 97.8 Å². The Labute approximate surface area is 353 Å². The summed E-state index contributed by atoms with van der Waals surface area (Å²) in [6.45, 7) is 0.930. The molecule has 0 aromatic heterocycles. The van der Waals surface area contributed by atoms with Crippen molar-refractivity contribution < 1.29 is 48.5 Å². The van der Waals surface area contributed by atoms with E-state index in [9.17, 15) is 39.0 Å². The van der Waals surface area contributed by atoms with Crippen LogP contribution in [0.25, 0.3) is 0 Å². The van der Waals surface area contributed by atoms with Gasteiger partial charge in [0.2, 0.25) is 23.6 Å². The minimum absolute atomic E-state index is 0.0299. The normalized spacial score (nSPS) is 21.2. The minimum atomic E-state index is -0.807. The standard InChI is InChI=1S/C24H26N2O5.C23H24N2O5/c27-18-9-6-17(7-10-18)14-19(25-22(29)11-8-16-4-2-1-3-5-16)24(30)26-13-12-21-23(26)20(28)15-31-21;26-17-8-6-16(7-9-17)12-18(24-21(28)13-15-4-2-1-3-5-15)23(29)25-11-10-20-22(25)19(27)14-30-20/h1-7,9-10,19,21,23,27H,8,11-15H2,(H,25,29);1-9,18,20,22,26H,10-14H2,(H,24,28). The molecule has 318 valence electrons. The molecule has 4 aromatic rings. The lowest BCUT2D eigenvalue weighted by atomic mass is 10.0. The Hall–Kier alpha value is -6.38. The molecule has 4 aliphatic heterocycles. The molecule has 4 aliphatic rings. The number of carbonyl (C=O) groups is 6. The lowest BCUT2D eigenvalue weighted by molar-refractivity contribution is -0.140. The van der Waals surface area contributed by atoms with Crippen molar-refractivity contribution in [2.75, 3.05) is 26.3 Å². The molecule has 61 heavy (non-hydrogen) atoms. The van der Waals surface area contributed by atoms with Crippen LogP contribution in [0.4, 0.5) is 0 Å². The average molecular weight is 831 g/mol. The van der Waals surface area contributed by atoms with Gasteiger partial charge < -0.3 is 40.1 Å². The van der Waals surface area contributed by atoms with Crippen LogP contribution in [-0.4, -0.2) is 118 Å². The highest BCUT2D eigenvalue weighted by Crippen LogP contribution is 2.29. The van der Waals surface area contributed by atoms with Gasteiger partial charge >= 0.3 is 0 Å². The van der Waals surface area contributed by atoms with E-state index >= 15 is 0 Å². The Morgan fingerprint density at radius 3 is 1.46 bits per heavy atom. The number of nitrogens with zero attached hydrogens (tertiary/aromatic N) is 2. The number of phenolic OH excluding ortho intramolecular Hbond substituents is 2. The second-order valence-corrected chi connectivity index (χ2v) is 15.8. The van der Waals surface area contributed by atoms with Crippen LogP contribution in [0.15, 0.2) is 109 Å². The Morgan fingerprint density at radius 1 is 0.574 bits per heavy atom. The molecule has 4 fully saturated rings. The van der Waals surface area contributed by atoms with Crippen LogP contribution < -0.4 is 10.6 Å². The van der Waals surface area contributed by atoms with E-state index < -0.39 is 24.2 Å². The van der Waals surface area contributed by atoms with Gasteiger partial charge in [0.15, 0.2) is 11.6 Å². The topological polar surface area (TPSA) is 192 Å². The number of aromatic hydroxyl groups is 2. The summed E-state index contributed by atoms with van der Waals surface area (Å²) in [4.78, 5) is 79.6. The first kappa shape index (κ1) is 42.7. The molecule has 0 spiro atoms. The first-order chi connectivity index (χ1) is 29.5. The highest BCUT2D eigenvalue weighted by atomic mass is 16.5. The number of ketones is 2. The fraction of sp³-hybridized carbons (Fsp3) is 0.362. The fourth-order valence-electron chi connectivity index (χ4n) is 8.41. The molecule has 0 aliphatic carbocycles. The first-order valence-electron chi connectivity index (χ1n) is 20.6. The Kier molecular flexibility index (Phi) is 13.9. The van der Waals surface area contributed by atoms with Crippen molar-refractivity contribution in [3.63, 3.8) is 0 Å². The molecular formula is C47H50N4O10. The quantitative estimate of drug-likeness (QED) is 0.156. The number of rotatable bonds is 13. The van der Waals surface area contributed by atoms with Crippen molar-refractivity contribution in [2.24, 2.45) is 0 Å². The number of amides is 4. The van der Waals surface area contributed by atoms with E-state index in [0.717, 1.165) is 22.3 Å². The van der Waals surface area contributed by atoms with E-state index in [1.54, 1.807) is 58.3 Å². The van der Waals surface area contributed by atoms with Crippen molar-refractivity contribution in [3.8, 4) is 11.5 Å². The molecule has 4 heterocycles. The van der Waals surface area contributed by atoms with Gasteiger partial charge in [-0.2, -0.15) is 0 Å². The molecule has 4 aromatic carbocycles. The Bertz CT molecular complexity index is 2180. The number of benzene rings is 4. The third-order valence-electron chi connectivity index (χ3n) is 11.5. The number of ether oxygens (including phenoxy) is 2. The van der Waals surface area contributed by atoms with Gasteiger partial charge in [-0.25, -0.2) is 0 Å². The SMILES string of the molecule is O=C(CCc1ccccc1)NC(Cc1ccc(O)cc1)C(=O)N1CCC2OCC(=O)C21.O=C(Cc1ccccc1)NC(Cc1ccc(O)cc1)C(=O)N1CCC2OCC(=O)C21. The maximum absolute atomic E-state index is 13.4. The number of nitrogens with one attached hydrogen (secondary N) is 2. The van der Waals surface area contributed by atoms with E-state index in [1.165, 1.54) is 0 Å². The molecule has 4 N–H and O–H groups in total. The van der Waals surface area contributed by atoms with Gasteiger partial charge in [-0.05, 0) is 65.8 Å². The Morgan fingerprint density at radius 2 is 1.00 bits per heavy atom. The summed E-state index contributed by atoms with van der Waals surface area (Å²) in [5, 5.41) is 24.8. The molecular weight excluding hydrogens is 781 g/mol. The highest BCUT2D eigenvalue weighted by molar-refractivity contribution is 5.96. The van der Waals surface area contributed by atoms with Gasteiger partial charge in [0.05, 0.1) is 18.6 Å². The summed E-state index contributed by atoms with van der Waals surface area (Å²) in [6.07, 6.45) is 2.28. The summed E-state index contributed by atoms with van der Waals surface area (Å²) in [5.41, 5.74) is 3.52. The van der Waals surface area contributed by atoms with E-state index in [4.69, 9.17) is 9.47 Å². The smallest absolute Gasteiger partial charge is 0.246 e. The Balaban J connectivity index is 0.000000184. The summed E-state index contributed by atoms with van der Waals surface area (Å²) >= 11 is 0. The predicted molar refractivity (Wildman–Crippen MR) is 222 cm³/mol. The van der Waals surface area contributed by atoms with E-state index in [2.05, 4.69) is 10.6 Å². The van der Waals surface area contributed by atoms with Gasteiger partial charge in [0.25, 0.3) is 0 Å². The third kappa shape index (κ3) is 10.9. The average Bonchev–Trinajstić information content (AvgIpc) is 4.06. The number of phenols is 2. The molecule has 0 radical (unpaired) electrons. The maximum atomic E-state index is 13.4. The molecule has 8 rings (SSSR count). The zero-order valence-electron chi connectivity index (χ0n) is 33.7. The number of carbonyl (C=O) groups excluding carboxylic acids is 6. The molecule has 4 saturated heterocycles. The summed E-state index contributed by atoms with van der Waals surface area (Å²) in [6, 6.07) is 29.4. The van der Waals surface area contributed by atoms with Gasteiger partial charge in [0.1, 0.15) is 48.9 Å². The van der Waals surface area contributed by atoms with E-state index in [1.807, 2.05) is 60.7 Å². The number of likely N-dealkylation sites (tertiary alicyclic amines) is 2. The molecule has 6 unspecified atom stereocenters. The lowest BCUT2D eigenvalue weighted by Gasteiger charge is -2.27. The van der Waals surface area contributed by atoms with Crippen molar-refractivity contribution >= 4 is 35.2 Å². The monoisotopic (exact) mass is 830 g/mol. The van der Waals surface area contributed by atoms with Crippen molar-refractivity contribution in [3.05, 3.63) is 131 Å². The van der Waals surface area contributed by atoms with Crippen LogP contribution in [0.2, 0.25) is 0 Å². The van der Waals surface area contributed by atoms with Gasteiger partial charge in [-0.15, -0.1) is 0 Å². The first-order valence-corrected chi connectivity index (χ1v) is 20.6. The number of aryl methyl sites for hydroxylation is 1. The maximum Gasteiger partial charge on any atom is 0.246 e. The fourth-order valence-corrected chi connectivity index (χ4v) is 8.41. The lowest BCUT2D eigenvalue weighted by Crippen LogP contribution is -2.53. The zero-order valence-corrected chi connectivity index (χ0v) is 33.7. The summed E-state index contributed by atoms with van der Waals surface area (Å²) in [5.74, 6) is -0.947. The van der Waals surface area contributed by atoms with Crippen LogP contribution in [-0.2, 0) is 63.9 Å². The summed E-state index contributed by atoms with van der Waals surface area (Å²) < 4.78 is 11.0. The van der Waals surface area contributed by atoms with Gasteiger partial charge in [-0.3, -0.25) is 28.8 Å². The number of Topliss-reactive ketones (excluding diaryl/α,β-unsaturated/α-hetero) is 2. The van der Waals surface area contributed by atoms with Crippen molar-refractivity contribution in [1.82, 2.24) is 20.4 Å². The van der Waals surface area contributed by atoms with Gasteiger partial charge in [0, 0.05) is 32.4 Å². The number of hydrogen-bond donors (Lipinski definition) is 4. The molecule has 4 amide bonds. The molecule has 14 heteroatoms. The van der Waals surface area contributed by atoms with Crippen LogP contribution in [0.1, 0.15) is 41.5 Å². The van der Waals surface area contributed by atoms with Crippen LogP contribution in [0.3, 0.4) is 0 Å². The molecule has 0 bridgehead atoms. The zero-order chi connectivity index (χ0) is 42.9. The second kappa shape index (κ2) is 19.8. The van der Waals surface area contributed by atoms with E-state index in [0.29, 0.717) is 32.4 Å². The van der Waals surface area contributed by atoms with Gasteiger partial charge in [-0.1, -0.05) is 84.9 Å². The van der Waals surface area contributed by atoms with Crippen LogP contribution in [0, 0.1) is 0 Å². The highest BCUT2D eigenvalue weighted by Gasteiger charge is 2.49.